The Labute approximate surface area is 220 Å². The zero-order valence-corrected chi connectivity index (χ0v) is 21.8. The number of fused-ring (bicyclic) bond motifs is 2. The highest BCUT2D eigenvalue weighted by Gasteiger charge is 2.23. The molecule has 3 aromatic carbocycles. The Balaban J connectivity index is 0.00000304. The number of nitrogens with zero attached hydrogens (tertiary/aromatic N) is 3. The van der Waals surface area contributed by atoms with Gasteiger partial charge in [0.1, 0.15) is 24.7 Å². The number of thiazole rings is 1. The number of amides is 1. The summed E-state index contributed by atoms with van der Waals surface area (Å²) in [6.07, 6.45) is 0.817. The molecule has 0 aliphatic carbocycles. The maximum absolute atomic E-state index is 13.7. The van der Waals surface area contributed by atoms with Crippen LogP contribution >= 0.6 is 23.7 Å². The molecule has 188 valence electrons. The molecule has 1 aliphatic rings. The van der Waals surface area contributed by atoms with E-state index in [0.717, 1.165) is 34.7 Å². The minimum absolute atomic E-state index is 0. The van der Waals surface area contributed by atoms with Gasteiger partial charge in [-0.15, -0.1) is 12.4 Å². The predicted octanol–water partition coefficient (Wildman–Crippen LogP) is 5.88. The van der Waals surface area contributed by atoms with Gasteiger partial charge in [-0.05, 0) is 57.4 Å². The summed E-state index contributed by atoms with van der Waals surface area (Å²) in [6, 6.07) is 20.7. The third-order valence-electron chi connectivity index (χ3n) is 5.56. The van der Waals surface area contributed by atoms with E-state index in [9.17, 15) is 4.79 Å². The molecule has 0 saturated carbocycles. The molecule has 0 spiro atoms. The van der Waals surface area contributed by atoms with E-state index in [1.165, 1.54) is 11.3 Å². The molecular formula is C27H28ClN3O4S. The summed E-state index contributed by atoms with van der Waals surface area (Å²) in [4.78, 5) is 22.4. The van der Waals surface area contributed by atoms with Crippen molar-refractivity contribution in [3.05, 3.63) is 72.3 Å². The van der Waals surface area contributed by atoms with E-state index in [1.807, 2.05) is 74.8 Å². The molecule has 1 aliphatic heterocycles. The van der Waals surface area contributed by atoms with Crippen molar-refractivity contribution in [2.45, 2.75) is 6.42 Å². The Bertz CT molecular complexity index is 1290. The summed E-state index contributed by atoms with van der Waals surface area (Å²) in [7, 11) is 4.05. The van der Waals surface area contributed by atoms with Gasteiger partial charge in [-0.1, -0.05) is 35.6 Å². The highest BCUT2D eigenvalue weighted by atomic mass is 35.5. The van der Waals surface area contributed by atoms with Crippen molar-refractivity contribution < 1.29 is 19.0 Å². The van der Waals surface area contributed by atoms with Crippen molar-refractivity contribution in [3.63, 3.8) is 0 Å². The van der Waals surface area contributed by atoms with Gasteiger partial charge < -0.3 is 19.1 Å². The number of carbonyl (C=O) groups excluding carboxylic acids is 1. The van der Waals surface area contributed by atoms with E-state index in [0.29, 0.717) is 42.0 Å². The Morgan fingerprint density at radius 3 is 2.42 bits per heavy atom. The van der Waals surface area contributed by atoms with Crippen LogP contribution in [-0.2, 0) is 0 Å². The maximum atomic E-state index is 13.7. The first-order chi connectivity index (χ1) is 17.1. The van der Waals surface area contributed by atoms with Gasteiger partial charge in [-0.25, -0.2) is 4.98 Å². The minimum atomic E-state index is -0.112. The molecule has 9 heteroatoms. The van der Waals surface area contributed by atoms with Gasteiger partial charge in [0.2, 0.25) is 0 Å². The van der Waals surface area contributed by atoms with Crippen molar-refractivity contribution in [2.75, 3.05) is 45.3 Å². The normalized spacial score (nSPS) is 12.3. The smallest absolute Gasteiger partial charge is 0.260 e. The molecule has 5 rings (SSSR count). The van der Waals surface area contributed by atoms with Crippen molar-refractivity contribution >= 4 is 45.0 Å². The number of halogens is 1. The summed E-state index contributed by atoms with van der Waals surface area (Å²) in [5, 5.41) is 0.653. The minimum Gasteiger partial charge on any atom is -0.486 e. The molecule has 0 saturated heterocycles. The lowest BCUT2D eigenvalue weighted by Gasteiger charge is -2.21. The summed E-state index contributed by atoms with van der Waals surface area (Å²) >= 11 is 1.48. The van der Waals surface area contributed by atoms with E-state index in [4.69, 9.17) is 19.2 Å². The topological polar surface area (TPSA) is 64.1 Å². The molecule has 0 fully saturated rings. The van der Waals surface area contributed by atoms with Crippen LogP contribution in [0, 0.1) is 0 Å². The zero-order chi connectivity index (χ0) is 24.2. The monoisotopic (exact) mass is 525 g/mol. The van der Waals surface area contributed by atoms with Gasteiger partial charge in [0.15, 0.2) is 16.6 Å². The van der Waals surface area contributed by atoms with Crippen LogP contribution in [0.5, 0.6) is 23.0 Å². The fourth-order valence-corrected chi connectivity index (χ4v) is 4.87. The van der Waals surface area contributed by atoms with Gasteiger partial charge in [-0.2, -0.15) is 0 Å². The Morgan fingerprint density at radius 1 is 0.944 bits per heavy atom. The number of anilines is 1. The molecule has 0 unspecified atom stereocenters. The molecule has 1 aromatic heterocycles. The summed E-state index contributed by atoms with van der Waals surface area (Å²) in [5.41, 5.74) is 1.34. The largest absolute Gasteiger partial charge is 0.486 e. The molecule has 0 N–H and O–H groups in total. The van der Waals surface area contributed by atoms with Crippen molar-refractivity contribution in [2.24, 2.45) is 0 Å². The van der Waals surface area contributed by atoms with Gasteiger partial charge in [0.25, 0.3) is 5.91 Å². The Morgan fingerprint density at radius 2 is 1.67 bits per heavy atom. The van der Waals surface area contributed by atoms with Gasteiger partial charge in [0.05, 0.1) is 10.2 Å². The lowest BCUT2D eigenvalue weighted by atomic mass is 10.2. The number of ether oxygens (including phenoxy) is 3. The Kier molecular flexibility index (Phi) is 8.30. The van der Waals surface area contributed by atoms with Gasteiger partial charge in [-0.3, -0.25) is 9.69 Å². The summed E-state index contributed by atoms with van der Waals surface area (Å²) in [6.45, 7) is 2.46. The van der Waals surface area contributed by atoms with Crippen LogP contribution < -0.4 is 19.1 Å². The molecule has 0 atom stereocenters. The van der Waals surface area contributed by atoms with Crippen LogP contribution in [0.3, 0.4) is 0 Å². The quantitative estimate of drug-likeness (QED) is 0.286. The highest BCUT2D eigenvalue weighted by molar-refractivity contribution is 7.22. The molecule has 0 radical (unpaired) electrons. The maximum Gasteiger partial charge on any atom is 0.260 e. The first kappa shape index (κ1) is 25.8. The van der Waals surface area contributed by atoms with Crippen LogP contribution in [0.25, 0.3) is 10.2 Å². The van der Waals surface area contributed by atoms with E-state index in [2.05, 4.69) is 4.90 Å². The molecule has 36 heavy (non-hydrogen) atoms. The first-order valence-electron chi connectivity index (χ1n) is 11.6. The first-order valence-corrected chi connectivity index (χ1v) is 12.4. The van der Waals surface area contributed by atoms with E-state index in [1.54, 1.807) is 11.0 Å². The van der Waals surface area contributed by atoms with Crippen molar-refractivity contribution in [1.29, 1.82) is 0 Å². The average Bonchev–Trinajstić information content (AvgIpc) is 3.28. The third-order valence-corrected chi connectivity index (χ3v) is 6.61. The van der Waals surface area contributed by atoms with Gasteiger partial charge in [0, 0.05) is 24.2 Å². The average molecular weight is 526 g/mol. The number of carbonyl (C=O) groups is 1. The molecule has 0 bridgehead atoms. The second kappa shape index (κ2) is 11.6. The molecule has 7 nitrogen and oxygen atoms in total. The lowest BCUT2D eigenvalue weighted by molar-refractivity contribution is 0.0985. The molecule has 2 heterocycles. The van der Waals surface area contributed by atoms with E-state index in [-0.39, 0.29) is 18.3 Å². The van der Waals surface area contributed by atoms with Crippen molar-refractivity contribution in [1.82, 2.24) is 9.88 Å². The van der Waals surface area contributed by atoms with Gasteiger partial charge >= 0.3 is 0 Å². The lowest BCUT2D eigenvalue weighted by Crippen LogP contribution is -2.33. The SMILES string of the molecule is CN(C)CCCN(C(=O)c1cccc(Oc2ccccc2)c1)c1nc2cc3c(cc2s1)OCCO3.Cl. The number of hydrogen-bond acceptors (Lipinski definition) is 7. The summed E-state index contributed by atoms with van der Waals surface area (Å²) < 4.78 is 18.3. The number of rotatable bonds is 8. The molecule has 4 aromatic rings. The predicted molar refractivity (Wildman–Crippen MR) is 146 cm³/mol. The number of para-hydroxylation sites is 1. The van der Waals surface area contributed by atoms with Crippen LogP contribution in [0.4, 0.5) is 5.13 Å². The Hall–Kier alpha value is -3.33. The standard InChI is InChI=1S/C27H27N3O4S.ClH/c1-29(2)12-7-13-30(27-28-22-17-23-24(18-25(22)35-27)33-15-14-32-23)26(31)19-8-6-11-21(16-19)34-20-9-4-3-5-10-20;/h3-6,8-11,16-18H,7,12-15H2,1-2H3;1H. The van der Waals surface area contributed by atoms with Crippen molar-refractivity contribution in [3.8, 4) is 23.0 Å². The van der Waals surface area contributed by atoms with E-state index < -0.39 is 0 Å². The second-order valence-corrected chi connectivity index (χ2v) is 9.53. The van der Waals surface area contributed by atoms with Crippen LogP contribution in [-0.4, -0.2) is 56.2 Å². The fraction of sp³-hybridized carbons (Fsp3) is 0.259. The summed E-state index contributed by atoms with van der Waals surface area (Å²) in [5.74, 6) is 2.63. The third kappa shape index (κ3) is 5.90. The molecule has 1 amide bonds. The zero-order valence-electron chi connectivity index (χ0n) is 20.2. The van der Waals surface area contributed by atoms with Crippen LogP contribution in [0.2, 0.25) is 0 Å². The fourth-order valence-electron chi connectivity index (χ4n) is 3.87. The number of aromatic nitrogens is 1. The van der Waals surface area contributed by atoms with Crippen LogP contribution in [0.1, 0.15) is 16.8 Å². The van der Waals surface area contributed by atoms with Crippen LogP contribution in [0.15, 0.2) is 66.7 Å². The second-order valence-electron chi connectivity index (χ2n) is 8.52. The van der Waals surface area contributed by atoms with E-state index >= 15 is 0 Å². The number of hydrogen-bond donors (Lipinski definition) is 0. The number of benzene rings is 3. The highest BCUT2D eigenvalue weighted by Crippen LogP contribution is 2.39. The molecular weight excluding hydrogens is 498 g/mol.